The molecule has 4 rings (SSSR count). The molecule has 0 aromatic heterocycles. The molecule has 1 N–H and O–H groups in total. The highest BCUT2D eigenvalue weighted by Crippen LogP contribution is 2.60. The number of aliphatic hydroxyl groups excluding tert-OH is 1. The lowest BCUT2D eigenvalue weighted by molar-refractivity contribution is -0.149. The number of hydrogen-bond donors (Lipinski definition) is 1. The summed E-state index contributed by atoms with van der Waals surface area (Å²) in [6.45, 7) is 14.6. The second-order valence-corrected chi connectivity index (χ2v) is 12.0. The van der Waals surface area contributed by atoms with Crippen LogP contribution in [-0.2, 0) is 19.1 Å². The summed E-state index contributed by atoms with van der Waals surface area (Å²) in [7, 11) is 0. The largest absolute Gasteiger partial charge is 0.494 e. The Balaban J connectivity index is 1.75. The molecular weight excluding hydrogens is 578 g/mol. The second kappa shape index (κ2) is 12.4. The molecule has 0 aliphatic carbocycles. The molecule has 3 fully saturated rings. The molecule has 218 valence electrons. The summed E-state index contributed by atoms with van der Waals surface area (Å²) in [5.41, 5.74) is -0.501. The SMILES string of the molecule is C=CCN(C(=O)[C@H]1[C@H]2C(=O)N(CCCO)C(C(=O)N(CC=C)C(C)C)C23CC(Br)[C@@H]1O3)c1ccc(OCC)cc1. The van der Waals surface area contributed by atoms with E-state index in [4.69, 9.17) is 9.47 Å². The van der Waals surface area contributed by atoms with Crippen molar-refractivity contribution in [1.29, 1.82) is 0 Å². The molecule has 9 nitrogen and oxygen atoms in total. The van der Waals surface area contributed by atoms with Gasteiger partial charge in [0.05, 0.1) is 24.5 Å². The van der Waals surface area contributed by atoms with Gasteiger partial charge in [-0.2, -0.15) is 0 Å². The number of nitrogens with zero attached hydrogens (tertiary/aromatic N) is 3. The molecule has 3 amide bonds. The van der Waals surface area contributed by atoms with Gasteiger partial charge < -0.3 is 29.3 Å². The Morgan fingerprint density at radius 2 is 1.90 bits per heavy atom. The fourth-order valence-electron chi connectivity index (χ4n) is 6.54. The van der Waals surface area contributed by atoms with Crippen LogP contribution in [0.5, 0.6) is 5.75 Å². The van der Waals surface area contributed by atoms with E-state index in [1.54, 1.807) is 34.1 Å². The van der Waals surface area contributed by atoms with E-state index in [-0.39, 0.29) is 48.3 Å². The highest BCUT2D eigenvalue weighted by atomic mass is 79.9. The number of hydrogen-bond acceptors (Lipinski definition) is 6. The van der Waals surface area contributed by atoms with Gasteiger partial charge in [0.15, 0.2) is 0 Å². The van der Waals surface area contributed by atoms with Crippen LogP contribution in [0.15, 0.2) is 49.6 Å². The van der Waals surface area contributed by atoms with E-state index in [1.165, 1.54) is 4.90 Å². The van der Waals surface area contributed by atoms with Gasteiger partial charge in [0.25, 0.3) is 0 Å². The Morgan fingerprint density at radius 1 is 1.23 bits per heavy atom. The molecular formula is C30H40BrN3O6. The summed E-state index contributed by atoms with van der Waals surface area (Å²) in [5, 5.41) is 9.58. The number of halogens is 1. The van der Waals surface area contributed by atoms with Crippen molar-refractivity contribution in [3.8, 4) is 5.75 Å². The summed E-state index contributed by atoms with van der Waals surface area (Å²) < 4.78 is 12.2. The van der Waals surface area contributed by atoms with Gasteiger partial charge in [0, 0.05) is 42.8 Å². The third kappa shape index (κ3) is 5.10. The molecule has 6 atom stereocenters. The molecule has 0 saturated carbocycles. The summed E-state index contributed by atoms with van der Waals surface area (Å²) in [6.07, 6.45) is 3.48. The molecule has 3 aliphatic heterocycles. The zero-order chi connectivity index (χ0) is 29.2. The van der Waals surface area contributed by atoms with Crippen LogP contribution in [0, 0.1) is 11.8 Å². The van der Waals surface area contributed by atoms with E-state index in [1.807, 2.05) is 32.9 Å². The van der Waals surface area contributed by atoms with E-state index in [9.17, 15) is 19.5 Å². The van der Waals surface area contributed by atoms with Crippen molar-refractivity contribution < 1.29 is 29.0 Å². The first-order chi connectivity index (χ1) is 19.2. The average Bonchev–Trinajstić information content (AvgIpc) is 3.52. The minimum absolute atomic E-state index is 0.124. The van der Waals surface area contributed by atoms with Gasteiger partial charge in [-0.15, -0.1) is 13.2 Å². The molecule has 1 spiro atoms. The van der Waals surface area contributed by atoms with Crippen LogP contribution in [0.3, 0.4) is 0 Å². The molecule has 40 heavy (non-hydrogen) atoms. The number of fused-ring (bicyclic) bond motifs is 1. The van der Waals surface area contributed by atoms with Crippen molar-refractivity contribution in [2.24, 2.45) is 11.8 Å². The molecule has 1 aromatic carbocycles. The fraction of sp³-hybridized carbons (Fsp3) is 0.567. The summed E-state index contributed by atoms with van der Waals surface area (Å²) in [4.78, 5) is 47.3. The van der Waals surface area contributed by atoms with Gasteiger partial charge in [-0.3, -0.25) is 14.4 Å². The van der Waals surface area contributed by atoms with Crippen LogP contribution >= 0.6 is 15.9 Å². The predicted molar refractivity (Wildman–Crippen MR) is 156 cm³/mol. The van der Waals surface area contributed by atoms with E-state index < -0.39 is 29.6 Å². The van der Waals surface area contributed by atoms with Gasteiger partial charge in [-0.05, 0) is 57.9 Å². The number of carbonyl (C=O) groups excluding carboxylic acids is 3. The normalized spacial score (nSPS) is 28.5. The van der Waals surface area contributed by atoms with Crippen molar-refractivity contribution in [1.82, 2.24) is 9.80 Å². The molecule has 3 heterocycles. The lowest BCUT2D eigenvalue weighted by Gasteiger charge is -2.38. The number of rotatable bonds is 13. The van der Waals surface area contributed by atoms with Gasteiger partial charge in [-0.1, -0.05) is 28.1 Å². The topological polar surface area (TPSA) is 99.6 Å². The maximum absolute atomic E-state index is 14.3. The van der Waals surface area contributed by atoms with Crippen molar-refractivity contribution in [3.63, 3.8) is 0 Å². The van der Waals surface area contributed by atoms with Crippen LogP contribution in [-0.4, -0.2) is 94.1 Å². The number of benzene rings is 1. The molecule has 0 radical (unpaired) electrons. The Bertz CT molecular complexity index is 1130. The average molecular weight is 619 g/mol. The van der Waals surface area contributed by atoms with Crippen molar-refractivity contribution >= 4 is 39.3 Å². The zero-order valence-electron chi connectivity index (χ0n) is 23.5. The molecule has 1 aromatic rings. The standard InChI is InChI=1S/C30H40BrN3O6/c1-6-14-32(19(4)5)29(38)26-30-18-22(31)25(40-30)23(24(30)28(37)34(26)16-9-17-35)27(36)33(15-7-2)20-10-12-21(13-11-20)39-8-3/h6-7,10-13,19,22-26,35H,1-2,8-9,14-18H2,3-5H3/t22?,23-,24-,25-,26?,30?/m0/s1. The molecule has 3 unspecified atom stereocenters. The van der Waals surface area contributed by atoms with Gasteiger partial charge in [0.1, 0.15) is 17.4 Å². The third-order valence-electron chi connectivity index (χ3n) is 8.13. The van der Waals surface area contributed by atoms with Crippen molar-refractivity contribution in [3.05, 3.63) is 49.6 Å². The van der Waals surface area contributed by atoms with Crippen LogP contribution in [0.2, 0.25) is 0 Å². The van der Waals surface area contributed by atoms with E-state index in [2.05, 4.69) is 29.1 Å². The smallest absolute Gasteiger partial charge is 0.248 e. The third-order valence-corrected chi connectivity index (χ3v) is 8.98. The number of aliphatic hydroxyl groups is 1. The Labute approximate surface area is 244 Å². The first kappa shape index (κ1) is 30.3. The predicted octanol–water partition coefficient (Wildman–Crippen LogP) is 3.16. The van der Waals surface area contributed by atoms with Crippen LogP contribution in [0.1, 0.15) is 33.6 Å². The Kier molecular flexibility index (Phi) is 9.42. The summed E-state index contributed by atoms with van der Waals surface area (Å²) >= 11 is 3.73. The Hall–Kier alpha value is -2.69. The minimum atomic E-state index is -1.16. The van der Waals surface area contributed by atoms with Crippen LogP contribution in [0.25, 0.3) is 0 Å². The van der Waals surface area contributed by atoms with Gasteiger partial charge in [0.2, 0.25) is 17.7 Å². The highest BCUT2D eigenvalue weighted by molar-refractivity contribution is 9.09. The van der Waals surface area contributed by atoms with Crippen molar-refractivity contribution in [2.75, 3.05) is 37.7 Å². The number of alkyl halides is 1. The maximum Gasteiger partial charge on any atom is 0.248 e. The van der Waals surface area contributed by atoms with Crippen LogP contribution in [0.4, 0.5) is 5.69 Å². The second-order valence-electron chi connectivity index (χ2n) is 10.8. The zero-order valence-corrected chi connectivity index (χ0v) is 25.1. The molecule has 3 saturated heterocycles. The molecule has 2 bridgehead atoms. The number of likely N-dealkylation sites (tertiary alicyclic amines) is 1. The first-order valence-corrected chi connectivity index (χ1v) is 14.9. The number of anilines is 1. The quantitative estimate of drug-likeness (QED) is 0.270. The van der Waals surface area contributed by atoms with E-state index >= 15 is 0 Å². The first-order valence-electron chi connectivity index (χ1n) is 14.0. The van der Waals surface area contributed by atoms with Gasteiger partial charge in [-0.25, -0.2) is 0 Å². The highest BCUT2D eigenvalue weighted by Gasteiger charge is 2.76. The van der Waals surface area contributed by atoms with Gasteiger partial charge >= 0.3 is 0 Å². The fourth-order valence-corrected chi connectivity index (χ4v) is 7.49. The summed E-state index contributed by atoms with van der Waals surface area (Å²) in [5.74, 6) is -1.68. The lowest BCUT2D eigenvalue weighted by atomic mass is 9.70. The lowest BCUT2D eigenvalue weighted by Crippen LogP contribution is -2.58. The Morgan fingerprint density at radius 3 is 2.48 bits per heavy atom. The van der Waals surface area contributed by atoms with E-state index in [0.29, 0.717) is 37.4 Å². The van der Waals surface area contributed by atoms with Crippen LogP contribution < -0.4 is 9.64 Å². The maximum atomic E-state index is 14.3. The monoisotopic (exact) mass is 617 g/mol. The molecule has 10 heteroatoms. The number of carbonyl (C=O) groups is 3. The molecule has 3 aliphatic rings. The summed E-state index contributed by atoms with van der Waals surface area (Å²) in [6, 6.07) is 6.21. The number of ether oxygens (including phenoxy) is 2. The number of amides is 3. The van der Waals surface area contributed by atoms with Crippen molar-refractivity contribution in [2.45, 2.75) is 62.2 Å². The minimum Gasteiger partial charge on any atom is -0.494 e. The van der Waals surface area contributed by atoms with E-state index in [0.717, 1.165) is 0 Å².